The highest BCUT2D eigenvalue weighted by Gasteiger charge is 2.41. The Bertz CT molecular complexity index is 899. The number of hydrogen-bond donors (Lipinski definition) is 1. The number of halogens is 3. The van der Waals surface area contributed by atoms with E-state index in [1.165, 1.54) is 6.07 Å². The van der Waals surface area contributed by atoms with Crippen molar-refractivity contribution in [2.24, 2.45) is 5.92 Å². The molecular weight excluding hydrogens is 405 g/mol. The van der Waals surface area contributed by atoms with Crippen molar-refractivity contribution in [1.82, 2.24) is 10.2 Å². The highest BCUT2D eigenvalue weighted by molar-refractivity contribution is 5.84. The van der Waals surface area contributed by atoms with Crippen molar-refractivity contribution in [1.29, 1.82) is 0 Å². The van der Waals surface area contributed by atoms with Crippen molar-refractivity contribution in [3.8, 4) is 0 Å². The molecule has 0 radical (unpaired) electrons. The van der Waals surface area contributed by atoms with Gasteiger partial charge in [0.15, 0.2) is 0 Å². The second kappa shape index (κ2) is 9.98. The van der Waals surface area contributed by atoms with Gasteiger partial charge >= 0.3 is 6.18 Å². The highest BCUT2D eigenvalue weighted by Crippen LogP contribution is 2.36. The minimum Gasteiger partial charge on any atom is -0.356 e. The summed E-state index contributed by atoms with van der Waals surface area (Å²) < 4.78 is 39.7. The van der Waals surface area contributed by atoms with Gasteiger partial charge in [0.25, 0.3) is 0 Å². The fourth-order valence-electron chi connectivity index (χ4n) is 3.96. The summed E-state index contributed by atoms with van der Waals surface area (Å²) in [7, 11) is 0. The normalized spacial score (nSPS) is 18.8. The lowest BCUT2D eigenvalue weighted by atomic mass is 9.87. The van der Waals surface area contributed by atoms with Crippen molar-refractivity contribution in [3.63, 3.8) is 0 Å². The van der Waals surface area contributed by atoms with Gasteiger partial charge in [-0.05, 0) is 23.6 Å². The van der Waals surface area contributed by atoms with Crippen LogP contribution in [0.2, 0.25) is 0 Å². The predicted molar refractivity (Wildman–Crippen MR) is 112 cm³/mol. The van der Waals surface area contributed by atoms with Gasteiger partial charge in [-0.1, -0.05) is 61.9 Å². The Morgan fingerprint density at radius 2 is 1.81 bits per heavy atom. The van der Waals surface area contributed by atoms with Crippen molar-refractivity contribution in [2.75, 3.05) is 19.6 Å². The Kier molecular flexibility index (Phi) is 7.36. The zero-order valence-electron chi connectivity index (χ0n) is 17.5. The lowest BCUT2D eigenvalue weighted by molar-refractivity contribution is -0.137. The molecule has 31 heavy (non-hydrogen) atoms. The van der Waals surface area contributed by atoms with Crippen molar-refractivity contribution < 1.29 is 22.8 Å². The SMILES string of the molecule is CCCCNC(=O)[C@@H]1CN(C(=O)Cc2ccccc2)C[C@H]1c1cccc(C(F)(F)F)c1. The molecule has 2 amide bonds. The van der Waals surface area contributed by atoms with Crippen molar-refractivity contribution >= 4 is 11.8 Å². The summed E-state index contributed by atoms with van der Waals surface area (Å²) >= 11 is 0. The maximum atomic E-state index is 13.2. The number of alkyl halides is 3. The van der Waals surface area contributed by atoms with Gasteiger partial charge in [0.05, 0.1) is 17.9 Å². The largest absolute Gasteiger partial charge is 0.416 e. The molecule has 0 unspecified atom stereocenters. The van der Waals surface area contributed by atoms with E-state index in [4.69, 9.17) is 0 Å². The summed E-state index contributed by atoms with van der Waals surface area (Å²) in [6.07, 6.45) is -2.52. The van der Waals surface area contributed by atoms with E-state index in [-0.39, 0.29) is 31.3 Å². The van der Waals surface area contributed by atoms with E-state index in [0.29, 0.717) is 12.1 Å². The number of unbranched alkanes of at least 4 members (excludes halogenated alkanes) is 1. The standard InChI is InChI=1S/C24H27F3N2O2/c1-2-3-12-28-23(31)21-16-29(22(30)13-17-8-5-4-6-9-17)15-20(21)18-10-7-11-19(14-18)24(25,26)27/h4-11,14,20-21H,2-3,12-13,15-16H2,1H3,(H,28,31)/t20-,21+/m0/s1. The van der Waals surface area contributed by atoms with Crippen LogP contribution in [0.15, 0.2) is 54.6 Å². The number of nitrogens with one attached hydrogen (secondary N) is 1. The van der Waals surface area contributed by atoms with Crippen LogP contribution in [0.1, 0.15) is 42.4 Å². The van der Waals surface area contributed by atoms with Crippen LogP contribution in [0.4, 0.5) is 13.2 Å². The van der Waals surface area contributed by atoms with Gasteiger partial charge in [-0.15, -0.1) is 0 Å². The van der Waals surface area contributed by atoms with Crippen LogP contribution in [0.5, 0.6) is 0 Å². The summed E-state index contributed by atoms with van der Waals surface area (Å²) in [5.41, 5.74) is 0.545. The minimum atomic E-state index is -4.46. The van der Waals surface area contributed by atoms with Crippen molar-refractivity contribution in [3.05, 3.63) is 71.3 Å². The first-order chi connectivity index (χ1) is 14.8. The molecule has 0 aliphatic carbocycles. The van der Waals surface area contributed by atoms with Crippen LogP contribution in [-0.4, -0.2) is 36.3 Å². The van der Waals surface area contributed by atoms with E-state index >= 15 is 0 Å². The molecule has 1 saturated heterocycles. The first-order valence-corrected chi connectivity index (χ1v) is 10.6. The number of carbonyl (C=O) groups excluding carboxylic acids is 2. The second-order valence-electron chi connectivity index (χ2n) is 7.94. The third-order valence-electron chi connectivity index (χ3n) is 5.68. The summed E-state index contributed by atoms with van der Waals surface area (Å²) in [6.45, 7) is 2.94. The number of likely N-dealkylation sites (tertiary alicyclic amines) is 1. The molecule has 166 valence electrons. The predicted octanol–water partition coefficient (Wildman–Crippen LogP) is 4.41. The topological polar surface area (TPSA) is 49.4 Å². The molecule has 2 aromatic carbocycles. The average Bonchev–Trinajstić information content (AvgIpc) is 3.20. The third kappa shape index (κ3) is 5.87. The number of carbonyl (C=O) groups is 2. The first-order valence-electron chi connectivity index (χ1n) is 10.6. The molecule has 0 spiro atoms. The van der Waals surface area contributed by atoms with Crippen LogP contribution in [0.25, 0.3) is 0 Å². The monoisotopic (exact) mass is 432 g/mol. The number of rotatable bonds is 7. The summed E-state index contributed by atoms with van der Waals surface area (Å²) in [5.74, 6) is -1.42. The van der Waals surface area contributed by atoms with Crippen LogP contribution in [0.3, 0.4) is 0 Å². The lowest BCUT2D eigenvalue weighted by Crippen LogP contribution is -2.36. The molecule has 1 fully saturated rings. The number of hydrogen-bond acceptors (Lipinski definition) is 2. The quantitative estimate of drug-likeness (QED) is 0.659. The van der Waals surface area contributed by atoms with E-state index < -0.39 is 23.6 Å². The van der Waals surface area contributed by atoms with Gasteiger partial charge in [0.2, 0.25) is 11.8 Å². The molecular formula is C24H27F3N2O2. The molecule has 7 heteroatoms. The van der Waals surface area contributed by atoms with Crippen LogP contribution in [0, 0.1) is 5.92 Å². The summed E-state index contributed by atoms with van der Waals surface area (Å²) in [4.78, 5) is 27.3. The Morgan fingerprint density at radius 3 is 2.48 bits per heavy atom. The minimum absolute atomic E-state index is 0.132. The molecule has 0 aromatic heterocycles. The number of benzene rings is 2. The smallest absolute Gasteiger partial charge is 0.356 e. The van der Waals surface area contributed by atoms with E-state index in [1.54, 1.807) is 11.0 Å². The average molecular weight is 432 g/mol. The van der Waals surface area contributed by atoms with Gasteiger partial charge in [-0.25, -0.2) is 0 Å². The van der Waals surface area contributed by atoms with Crippen LogP contribution >= 0.6 is 0 Å². The molecule has 1 heterocycles. The second-order valence-corrected chi connectivity index (χ2v) is 7.94. The maximum Gasteiger partial charge on any atom is 0.416 e. The molecule has 0 saturated carbocycles. The van der Waals surface area contributed by atoms with Gasteiger partial charge in [-0.2, -0.15) is 13.2 Å². The van der Waals surface area contributed by atoms with E-state index in [1.807, 2.05) is 37.3 Å². The lowest BCUT2D eigenvalue weighted by Gasteiger charge is -2.19. The Labute approximate surface area is 180 Å². The summed E-state index contributed by atoms with van der Waals surface area (Å²) in [6, 6.07) is 14.4. The molecule has 1 aliphatic rings. The number of amides is 2. The Hall–Kier alpha value is -2.83. The van der Waals surface area contributed by atoms with Crippen LogP contribution in [-0.2, 0) is 22.2 Å². The summed E-state index contributed by atoms with van der Waals surface area (Å²) in [5, 5.41) is 2.88. The molecule has 1 N–H and O–H groups in total. The molecule has 3 rings (SSSR count). The van der Waals surface area contributed by atoms with Gasteiger partial charge < -0.3 is 10.2 Å². The molecule has 4 nitrogen and oxygen atoms in total. The fourth-order valence-corrected chi connectivity index (χ4v) is 3.96. The molecule has 2 atom stereocenters. The van der Waals surface area contributed by atoms with Gasteiger partial charge in [-0.3, -0.25) is 9.59 Å². The Balaban J connectivity index is 1.82. The van der Waals surface area contributed by atoms with E-state index in [9.17, 15) is 22.8 Å². The van der Waals surface area contributed by atoms with E-state index in [0.717, 1.165) is 30.5 Å². The first kappa shape index (κ1) is 22.8. The zero-order valence-corrected chi connectivity index (χ0v) is 17.5. The molecule has 2 aromatic rings. The maximum absolute atomic E-state index is 13.2. The molecule has 0 bridgehead atoms. The number of nitrogens with zero attached hydrogens (tertiary/aromatic N) is 1. The third-order valence-corrected chi connectivity index (χ3v) is 5.68. The Morgan fingerprint density at radius 1 is 1.06 bits per heavy atom. The fraction of sp³-hybridized carbons (Fsp3) is 0.417. The van der Waals surface area contributed by atoms with Gasteiger partial charge in [0, 0.05) is 25.6 Å². The zero-order chi connectivity index (χ0) is 22.4. The highest BCUT2D eigenvalue weighted by atomic mass is 19.4. The molecule has 1 aliphatic heterocycles. The van der Waals surface area contributed by atoms with Crippen molar-refractivity contribution in [2.45, 2.75) is 38.3 Å². The van der Waals surface area contributed by atoms with Gasteiger partial charge in [0.1, 0.15) is 0 Å². The van der Waals surface area contributed by atoms with Crippen LogP contribution < -0.4 is 5.32 Å². The van der Waals surface area contributed by atoms with E-state index in [2.05, 4.69) is 5.32 Å².